The van der Waals surface area contributed by atoms with Crippen LogP contribution in [0.1, 0.15) is 38.8 Å². The Labute approximate surface area is 171 Å². The average Bonchev–Trinajstić information content (AvgIpc) is 2.78. The minimum Gasteiger partial charge on any atom is -0.337 e. The highest BCUT2D eigenvalue weighted by molar-refractivity contribution is 5.99. The quantitative estimate of drug-likeness (QED) is 0.615. The van der Waals surface area contributed by atoms with Crippen LogP contribution in [-0.2, 0) is 13.1 Å². The van der Waals surface area contributed by atoms with Crippen LogP contribution in [0.15, 0.2) is 79.1 Å². The van der Waals surface area contributed by atoms with Gasteiger partial charge in [-0.3, -0.25) is 14.6 Å². The van der Waals surface area contributed by atoms with E-state index in [1.54, 1.807) is 22.9 Å². The highest BCUT2D eigenvalue weighted by Gasteiger charge is 2.18. The number of hydrogen-bond acceptors (Lipinski definition) is 3. The Morgan fingerprint density at radius 1 is 0.793 bits per heavy atom. The topological polar surface area (TPSA) is 53.5 Å². The maximum Gasteiger partial charge on any atom is 0.255 e. The van der Waals surface area contributed by atoms with Crippen molar-refractivity contribution in [2.45, 2.75) is 20.0 Å². The predicted octanol–water partition coefficient (Wildman–Crippen LogP) is 4.02. The second-order valence-electron chi connectivity index (χ2n) is 6.91. The number of benzene rings is 2. The third-order valence-electron chi connectivity index (χ3n) is 4.73. The van der Waals surface area contributed by atoms with E-state index < -0.39 is 0 Å². The molecule has 0 spiro atoms. The molecule has 148 valence electrons. The van der Waals surface area contributed by atoms with Crippen LogP contribution in [0.4, 0.5) is 0 Å². The lowest BCUT2D eigenvalue weighted by molar-refractivity contribution is 0.0752. The molecule has 29 heavy (non-hydrogen) atoms. The molecule has 0 radical (unpaired) electrons. The number of amides is 2. The minimum absolute atomic E-state index is 0.135. The van der Waals surface area contributed by atoms with Crippen LogP contribution < -0.4 is 0 Å². The summed E-state index contributed by atoms with van der Waals surface area (Å²) in [5.41, 5.74) is 2.93. The van der Waals surface area contributed by atoms with Gasteiger partial charge in [0.2, 0.25) is 0 Å². The van der Waals surface area contributed by atoms with Gasteiger partial charge in [0.25, 0.3) is 11.8 Å². The lowest BCUT2D eigenvalue weighted by Gasteiger charge is -2.22. The Morgan fingerprint density at radius 3 is 1.86 bits per heavy atom. The Morgan fingerprint density at radius 2 is 1.31 bits per heavy atom. The summed E-state index contributed by atoms with van der Waals surface area (Å²) in [5, 5.41) is 0. The predicted molar refractivity (Wildman–Crippen MR) is 113 cm³/mol. The first-order valence-electron chi connectivity index (χ1n) is 9.66. The fraction of sp³-hybridized carbons (Fsp3) is 0.208. The van der Waals surface area contributed by atoms with Gasteiger partial charge in [0, 0.05) is 39.1 Å². The number of pyridine rings is 1. The number of carbonyl (C=O) groups is 2. The van der Waals surface area contributed by atoms with Crippen molar-refractivity contribution in [2.75, 3.05) is 13.6 Å². The van der Waals surface area contributed by atoms with Gasteiger partial charge in [-0.2, -0.15) is 0 Å². The number of aromatic nitrogens is 1. The van der Waals surface area contributed by atoms with Gasteiger partial charge in [0.1, 0.15) is 0 Å². The molecule has 3 aromatic rings. The van der Waals surface area contributed by atoms with Crippen molar-refractivity contribution >= 4 is 11.8 Å². The zero-order valence-electron chi connectivity index (χ0n) is 16.8. The van der Waals surface area contributed by atoms with E-state index in [1.807, 2.05) is 67.6 Å². The maximum absolute atomic E-state index is 13.0. The van der Waals surface area contributed by atoms with E-state index in [-0.39, 0.29) is 11.8 Å². The molecule has 2 amide bonds. The molecule has 0 aliphatic carbocycles. The summed E-state index contributed by atoms with van der Waals surface area (Å²) >= 11 is 0. The molecule has 0 aliphatic heterocycles. The molecule has 1 aromatic heterocycles. The molecule has 0 atom stereocenters. The molecule has 3 rings (SSSR count). The van der Waals surface area contributed by atoms with Crippen LogP contribution in [0, 0.1) is 0 Å². The zero-order valence-corrected chi connectivity index (χ0v) is 16.8. The molecule has 0 saturated heterocycles. The molecule has 5 nitrogen and oxygen atoms in total. The number of hydrogen-bond donors (Lipinski definition) is 0. The fourth-order valence-corrected chi connectivity index (χ4v) is 3.14. The first-order chi connectivity index (χ1) is 14.1. The summed E-state index contributed by atoms with van der Waals surface area (Å²) in [5.74, 6) is -0.300. The lowest BCUT2D eigenvalue weighted by atomic mass is 10.1. The molecule has 0 saturated carbocycles. The smallest absolute Gasteiger partial charge is 0.255 e. The molecule has 0 aliphatic rings. The second-order valence-corrected chi connectivity index (χ2v) is 6.91. The number of nitrogens with zero attached hydrogens (tertiary/aromatic N) is 3. The van der Waals surface area contributed by atoms with Gasteiger partial charge in [0.15, 0.2) is 0 Å². The molecule has 5 heteroatoms. The third kappa shape index (κ3) is 5.29. The third-order valence-corrected chi connectivity index (χ3v) is 4.73. The highest BCUT2D eigenvalue weighted by atomic mass is 16.2. The van der Waals surface area contributed by atoms with Crippen LogP contribution in [0.3, 0.4) is 0 Å². The van der Waals surface area contributed by atoms with Crippen LogP contribution in [-0.4, -0.2) is 40.2 Å². The number of carbonyl (C=O) groups excluding carboxylic acids is 2. The maximum atomic E-state index is 13.0. The van der Waals surface area contributed by atoms with E-state index in [0.29, 0.717) is 30.8 Å². The summed E-state index contributed by atoms with van der Waals surface area (Å²) in [6, 6.07) is 21.3. The van der Waals surface area contributed by atoms with Gasteiger partial charge < -0.3 is 9.80 Å². The van der Waals surface area contributed by atoms with Gasteiger partial charge in [-0.1, -0.05) is 60.7 Å². The SMILES string of the molecule is CCN(Cc1ccccc1)C(=O)c1cncc(C(=O)N(C)Cc2ccccc2)c1. The largest absolute Gasteiger partial charge is 0.337 e. The van der Waals surface area contributed by atoms with Gasteiger partial charge in [-0.05, 0) is 24.1 Å². The van der Waals surface area contributed by atoms with Gasteiger partial charge in [-0.15, -0.1) is 0 Å². The van der Waals surface area contributed by atoms with Gasteiger partial charge in [-0.25, -0.2) is 0 Å². The normalized spacial score (nSPS) is 10.4. The molecule has 2 aromatic carbocycles. The Balaban J connectivity index is 1.73. The highest BCUT2D eigenvalue weighted by Crippen LogP contribution is 2.13. The standard InChI is InChI=1S/C24H25N3O2/c1-3-27(18-20-12-8-5-9-13-20)24(29)22-14-21(15-25-16-22)23(28)26(2)17-19-10-6-4-7-11-19/h4-16H,3,17-18H2,1-2H3. The molecular weight excluding hydrogens is 362 g/mol. The summed E-state index contributed by atoms with van der Waals surface area (Å²) in [6.07, 6.45) is 3.03. The second kappa shape index (κ2) is 9.64. The van der Waals surface area contributed by atoms with Crippen LogP contribution in [0.2, 0.25) is 0 Å². The Bertz CT molecular complexity index is 958. The van der Waals surface area contributed by atoms with Crippen molar-refractivity contribution < 1.29 is 9.59 Å². The molecular formula is C24H25N3O2. The van der Waals surface area contributed by atoms with Gasteiger partial charge >= 0.3 is 0 Å². The summed E-state index contributed by atoms with van der Waals surface area (Å²) < 4.78 is 0. The minimum atomic E-state index is -0.165. The summed E-state index contributed by atoms with van der Waals surface area (Å²) in [4.78, 5) is 33.3. The molecule has 1 heterocycles. The van der Waals surface area contributed by atoms with Crippen LogP contribution in [0.25, 0.3) is 0 Å². The fourth-order valence-electron chi connectivity index (χ4n) is 3.14. The Hall–Kier alpha value is -3.47. The molecule has 0 fully saturated rings. The van der Waals surface area contributed by atoms with Crippen LogP contribution in [0.5, 0.6) is 0 Å². The molecule has 0 bridgehead atoms. The van der Waals surface area contributed by atoms with E-state index in [1.165, 1.54) is 12.4 Å². The molecule has 0 unspecified atom stereocenters. The lowest BCUT2D eigenvalue weighted by Crippen LogP contribution is -2.31. The monoisotopic (exact) mass is 387 g/mol. The van der Waals surface area contributed by atoms with Crippen molar-refractivity contribution in [3.05, 3.63) is 101 Å². The van der Waals surface area contributed by atoms with Crippen molar-refractivity contribution in [3.8, 4) is 0 Å². The van der Waals surface area contributed by atoms with E-state index in [0.717, 1.165) is 11.1 Å². The van der Waals surface area contributed by atoms with E-state index in [2.05, 4.69) is 4.98 Å². The summed E-state index contributed by atoms with van der Waals surface area (Å²) in [6.45, 7) is 3.52. The van der Waals surface area contributed by atoms with Gasteiger partial charge in [0.05, 0.1) is 11.1 Å². The van der Waals surface area contributed by atoms with Crippen molar-refractivity contribution in [1.82, 2.24) is 14.8 Å². The summed E-state index contributed by atoms with van der Waals surface area (Å²) in [7, 11) is 1.75. The van der Waals surface area contributed by atoms with Crippen molar-refractivity contribution in [2.24, 2.45) is 0 Å². The zero-order chi connectivity index (χ0) is 20.6. The van der Waals surface area contributed by atoms with Crippen LogP contribution >= 0.6 is 0 Å². The number of rotatable bonds is 7. The Kier molecular flexibility index (Phi) is 6.74. The van der Waals surface area contributed by atoms with E-state index in [9.17, 15) is 9.59 Å². The first-order valence-corrected chi connectivity index (χ1v) is 9.66. The van der Waals surface area contributed by atoms with E-state index in [4.69, 9.17) is 0 Å². The van der Waals surface area contributed by atoms with Crippen molar-refractivity contribution in [3.63, 3.8) is 0 Å². The van der Waals surface area contributed by atoms with Crippen molar-refractivity contribution in [1.29, 1.82) is 0 Å². The first kappa shape index (κ1) is 20.3. The molecule has 0 N–H and O–H groups in total. The van der Waals surface area contributed by atoms with E-state index >= 15 is 0 Å². The average molecular weight is 387 g/mol.